The predicted octanol–water partition coefficient (Wildman–Crippen LogP) is 3.46. The van der Waals surface area contributed by atoms with E-state index < -0.39 is 24.3 Å². The number of rotatable bonds is 9. The van der Waals surface area contributed by atoms with Crippen molar-refractivity contribution in [3.05, 3.63) is 58.9 Å². The molecule has 0 radical (unpaired) electrons. The van der Waals surface area contributed by atoms with E-state index in [-0.39, 0.29) is 23.7 Å². The molecule has 0 heterocycles. The molecule has 0 unspecified atom stereocenters. The largest absolute Gasteiger partial charge is 0.490 e. The van der Waals surface area contributed by atoms with Gasteiger partial charge in [0.25, 0.3) is 5.91 Å². The molecule has 0 bridgehead atoms. The summed E-state index contributed by atoms with van der Waals surface area (Å²) < 4.78 is 29.5. The van der Waals surface area contributed by atoms with Crippen molar-refractivity contribution in [1.29, 1.82) is 0 Å². The minimum absolute atomic E-state index is 0.0415. The first-order chi connectivity index (χ1) is 13.4. The molecule has 0 spiro atoms. The molecule has 6 nitrogen and oxygen atoms in total. The summed E-state index contributed by atoms with van der Waals surface area (Å²) in [5, 5.41) is 0.220. The standard InChI is InChI=1S/C20H21ClFNO5/c1-3-26-17-9-4-5-10-18(17)27-13-20(25)28-12-19(24)23(2)11-14-15(21)7-6-8-16(14)22/h4-10H,3,11-13H2,1-2H3. The number of likely N-dealkylation sites (N-methyl/N-ethyl adjacent to an activating group) is 1. The van der Waals surface area contributed by atoms with Crippen LogP contribution in [0.15, 0.2) is 42.5 Å². The summed E-state index contributed by atoms with van der Waals surface area (Å²) in [5.41, 5.74) is 0.196. The summed E-state index contributed by atoms with van der Waals surface area (Å²) in [4.78, 5) is 25.2. The predicted molar refractivity (Wildman–Crippen MR) is 102 cm³/mol. The lowest BCUT2D eigenvalue weighted by Crippen LogP contribution is -2.32. The zero-order chi connectivity index (χ0) is 20.5. The van der Waals surface area contributed by atoms with Crippen molar-refractivity contribution in [3.63, 3.8) is 0 Å². The Kier molecular flexibility index (Phi) is 8.07. The first-order valence-corrected chi connectivity index (χ1v) is 8.97. The highest BCUT2D eigenvalue weighted by Crippen LogP contribution is 2.26. The molecule has 0 N–H and O–H groups in total. The van der Waals surface area contributed by atoms with Gasteiger partial charge in [0.05, 0.1) is 6.61 Å². The molecule has 0 saturated carbocycles. The molecule has 0 aliphatic heterocycles. The molecule has 2 aromatic carbocycles. The number of carbonyl (C=O) groups excluding carboxylic acids is 2. The maximum Gasteiger partial charge on any atom is 0.344 e. The van der Waals surface area contributed by atoms with E-state index in [1.807, 2.05) is 6.92 Å². The lowest BCUT2D eigenvalue weighted by atomic mass is 10.2. The fourth-order valence-electron chi connectivity index (χ4n) is 2.28. The van der Waals surface area contributed by atoms with Crippen LogP contribution < -0.4 is 9.47 Å². The van der Waals surface area contributed by atoms with E-state index in [0.717, 1.165) is 0 Å². The average Bonchev–Trinajstić information content (AvgIpc) is 2.68. The van der Waals surface area contributed by atoms with Crippen molar-refractivity contribution in [3.8, 4) is 11.5 Å². The van der Waals surface area contributed by atoms with Gasteiger partial charge in [-0.3, -0.25) is 4.79 Å². The normalized spacial score (nSPS) is 10.3. The number of amides is 1. The van der Waals surface area contributed by atoms with Crippen LogP contribution in [0.3, 0.4) is 0 Å². The molecule has 0 aromatic heterocycles. The number of halogens is 2. The summed E-state index contributed by atoms with van der Waals surface area (Å²) in [6.45, 7) is 1.39. The Balaban J connectivity index is 1.81. The summed E-state index contributed by atoms with van der Waals surface area (Å²) in [6.07, 6.45) is 0. The Labute approximate surface area is 167 Å². The lowest BCUT2D eigenvalue weighted by Gasteiger charge is -2.18. The summed E-state index contributed by atoms with van der Waals surface area (Å²) in [6, 6.07) is 11.2. The maximum atomic E-state index is 13.8. The Hall–Kier alpha value is -2.80. The zero-order valence-corrected chi connectivity index (χ0v) is 16.4. The fraction of sp³-hybridized carbons (Fsp3) is 0.300. The van der Waals surface area contributed by atoms with Crippen molar-refractivity contribution >= 4 is 23.5 Å². The van der Waals surface area contributed by atoms with Gasteiger partial charge in [0.15, 0.2) is 24.7 Å². The number of ether oxygens (including phenoxy) is 3. The fourth-order valence-corrected chi connectivity index (χ4v) is 2.51. The van der Waals surface area contributed by atoms with Gasteiger partial charge in [0.2, 0.25) is 0 Å². The van der Waals surface area contributed by atoms with Crippen molar-refractivity contribution < 1.29 is 28.2 Å². The first-order valence-electron chi connectivity index (χ1n) is 8.59. The minimum Gasteiger partial charge on any atom is -0.490 e. The second-order valence-corrected chi connectivity index (χ2v) is 6.19. The van der Waals surface area contributed by atoms with E-state index in [0.29, 0.717) is 18.1 Å². The molecule has 0 aliphatic rings. The van der Waals surface area contributed by atoms with Gasteiger partial charge in [-0.25, -0.2) is 9.18 Å². The number of nitrogens with zero attached hydrogens (tertiary/aromatic N) is 1. The topological polar surface area (TPSA) is 65.1 Å². The average molecular weight is 410 g/mol. The summed E-state index contributed by atoms with van der Waals surface area (Å²) in [7, 11) is 1.47. The van der Waals surface area contributed by atoms with Crippen LogP contribution in [0.2, 0.25) is 5.02 Å². The molecule has 1 amide bonds. The molecule has 150 valence electrons. The lowest BCUT2D eigenvalue weighted by molar-refractivity contribution is -0.153. The van der Waals surface area contributed by atoms with Crippen LogP contribution in [-0.2, 0) is 20.9 Å². The van der Waals surface area contributed by atoms with Gasteiger partial charge in [-0.1, -0.05) is 29.8 Å². The Morgan fingerprint density at radius 3 is 2.36 bits per heavy atom. The van der Waals surface area contributed by atoms with E-state index in [2.05, 4.69) is 0 Å². The molecule has 0 saturated heterocycles. The first kappa shape index (κ1) is 21.5. The van der Waals surface area contributed by atoms with E-state index in [1.165, 1.54) is 30.1 Å². The third-order valence-electron chi connectivity index (χ3n) is 3.73. The van der Waals surface area contributed by atoms with Crippen molar-refractivity contribution in [2.45, 2.75) is 13.5 Å². The molecular formula is C20H21ClFNO5. The summed E-state index contributed by atoms with van der Waals surface area (Å²) >= 11 is 5.95. The highest BCUT2D eigenvalue weighted by Gasteiger charge is 2.16. The van der Waals surface area contributed by atoms with Gasteiger partial charge >= 0.3 is 5.97 Å². The second kappa shape index (κ2) is 10.5. The number of para-hydroxylation sites is 2. The quantitative estimate of drug-likeness (QED) is 0.593. The van der Waals surface area contributed by atoms with E-state index >= 15 is 0 Å². The van der Waals surface area contributed by atoms with Crippen LogP contribution in [0.1, 0.15) is 12.5 Å². The highest BCUT2D eigenvalue weighted by molar-refractivity contribution is 6.31. The summed E-state index contributed by atoms with van der Waals surface area (Å²) in [5.74, 6) is -0.806. The monoisotopic (exact) mass is 409 g/mol. The number of hydrogen-bond donors (Lipinski definition) is 0. The van der Waals surface area contributed by atoms with Crippen LogP contribution in [0.25, 0.3) is 0 Å². The van der Waals surface area contributed by atoms with Gasteiger partial charge in [0.1, 0.15) is 5.82 Å². The van der Waals surface area contributed by atoms with Crippen molar-refractivity contribution in [2.24, 2.45) is 0 Å². The molecule has 0 atom stereocenters. The Morgan fingerprint density at radius 1 is 1.04 bits per heavy atom. The maximum absolute atomic E-state index is 13.8. The second-order valence-electron chi connectivity index (χ2n) is 5.78. The third kappa shape index (κ3) is 6.13. The Morgan fingerprint density at radius 2 is 1.71 bits per heavy atom. The van der Waals surface area contributed by atoms with Gasteiger partial charge in [0, 0.05) is 24.2 Å². The minimum atomic E-state index is -0.711. The van der Waals surface area contributed by atoms with Gasteiger partial charge in [-0.05, 0) is 31.2 Å². The Bertz CT molecular complexity index is 810. The number of esters is 1. The number of hydrogen-bond acceptors (Lipinski definition) is 5. The molecule has 0 fully saturated rings. The van der Waals surface area contributed by atoms with Gasteiger partial charge < -0.3 is 19.1 Å². The third-order valence-corrected chi connectivity index (χ3v) is 4.09. The van der Waals surface area contributed by atoms with Crippen LogP contribution in [0.5, 0.6) is 11.5 Å². The number of carbonyl (C=O) groups is 2. The molecule has 8 heteroatoms. The zero-order valence-electron chi connectivity index (χ0n) is 15.6. The highest BCUT2D eigenvalue weighted by atomic mass is 35.5. The smallest absolute Gasteiger partial charge is 0.344 e. The van der Waals surface area contributed by atoms with E-state index in [4.69, 9.17) is 25.8 Å². The van der Waals surface area contributed by atoms with E-state index in [9.17, 15) is 14.0 Å². The molecule has 2 rings (SSSR count). The van der Waals surface area contributed by atoms with Crippen LogP contribution in [-0.4, -0.2) is 43.6 Å². The SMILES string of the molecule is CCOc1ccccc1OCC(=O)OCC(=O)N(C)Cc1c(F)cccc1Cl. The molecule has 2 aromatic rings. The molecular weight excluding hydrogens is 389 g/mol. The van der Waals surface area contributed by atoms with E-state index in [1.54, 1.807) is 24.3 Å². The van der Waals surface area contributed by atoms with Gasteiger partial charge in [-0.2, -0.15) is 0 Å². The molecule has 28 heavy (non-hydrogen) atoms. The van der Waals surface area contributed by atoms with Crippen LogP contribution >= 0.6 is 11.6 Å². The van der Waals surface area contributed by atoms with Crippen molar-refractivity contribution in [2.75, 3.05) is 26.9 Å². The van der Waals surface area contributed by atoms with Crippen LogP contribution in [0.4, 0.5) is 4.39 Å². The molecule has 0 aliphatic carbocycles. The number of benzene rings is 2. The van der Waals surface area contributed by atoms with Gasteiger partial charge in [-0.15, -0.1) is 0 Å². The van der Waals surface area contributed by atoms with Crippen molar-refractivity contribution in [1.82, 2.24) is 4.90 Å². The van der Waals surface area contributed by atoms with Crippen LogP contribution in [0, 0.1) is 5.82 Å².